The molecule has 35 heavy (non-hydrogen) atoms. The van der Waals surface area contributed by atoms with Gasteiger partial charge in [0.05, 0.1) is 28.4 Å². The van der Waals surface area contributed by atoms with Gasteiger partial charge >= 0.3 is 0 Å². The van der Waals surface area contributed by atoms with Gasteiger partial charge in [-0.15, -0.1) is 6.58 Å². The highest BCUT2D eigenvalue weighted by Crippen LogP contribution is 2.59. The van der Waals surface area contributed by atoms with Gasteiger partial charge in [-0.3, -0.25) is 14.7 Å². The molecule has 2 aliphatic heterocycles. The van der Waals surface area contributed by atoms with Gasteiger partial charge in [0, 0.05) is 30.2 Å². The minimum Gasteiger partial charge on any atom is -0.432 e. The van der Waals surface area contributed by atoms with Crippen LogP contribution in [0.2, 0.25) is 18.6 Å². The fourth-order valence-corrected chi connectivity index (χ4v) is 8.76. The fourth-order valence-electron chi connectivity index (χ4n) is 6.15. The Morgan fingerprint density at radius 3 is 2.63 bits per heavy atom. The number of para-hydroxylation sites is 1. The average molecular weight is 494 g/mol. The van der Waals surface area contributed by atoms with Gasteiger partial charge in [0.2, 0.25) is 0 Å². The molecule has 184 valence electrons. The Kier molecular flexibility index (Phi) is 5.63. The number of benzene rings is 2. The number of aromatic nitrogens is 2. The number of rotatable bonds is 6. The summed E-state index contributed by atoms with van der Waals surface area (Å²) in [7, 11) is -2.77. The second-order valence-electron chi connectivity index (χ2n) is 10.1. The number of H-pyrrole nitrogens is 1. The highest BCUT2D eigenvalue weighted by Gasteiger charge is 2.66. The van der Waals surface area contributed by atoms with Crippen molar-refractivity contribution in [3.63, 3.8) is 0 Å². The van der Waals surface area contributed by atoms with Crippen molar-refractivity contribution in [3.8, 4) is 5.69 Å². The number of nitrogens with zero attached hydrogens (tertiary/aromatic N) is 2. The monoisotopic (exact) mass is 493 g/mol. The Hall–Kier alpha value is -2.98. The molecule has 0 bridgehead atoms. The van der Waals surface area contributed by atoms with Crippen LogP contribution in [0.4, 0.5) is 5.69 Å². The Morgan fingerprint density at radius 1 is 1.23 bits per heavy atom. The van der Waals surface area contributed by atoms with Crippen molar-refractivity contribution in [1.82, 2.24) is 9.78 Å². The molecule has 0 aliphatic carbocycles. The fraction of sp³-hybridized carbons (Fsp3) is 0.385. The zero-order valence-corrected chi connectivity index (χ0v) is 21.2. The van der Waals surface area contributed by atoms with Gasteiger partial charge in [0.15, 0.2) is 13.9 Å². The number of ether oxygens (including phenoxy) is 1. The van der Waals surface area contributed by atoms with Crippen LogP contribution in [0, 0.1) is 5.92 Å². The molecule has 1 fully saturated rings. The molecular weight excluding hydrogens is 462 g/mol. The molecule has 1 amide bonds. The van der Waals surface area contributed by atoms with Crippen molar-refractivity contribution in [2.75, 3.05) is 18.1 Å². The van der Waals surface area contributed by atoms with Crippen LogP contribution >= 0.6 is 0 Å². The smallest absolute Gasteiger partial charge is 0.279 e. The minimum absolute atomic E-state index is 0.101. The number of anilines is 1. The molecule has 9 heteroatoms. The predicted octanol–water partition coefficient (Wildman–Crippen LogP) is 3.03. The van der Waals surface area contributed by atoms with E-state index >= 15 is 0 Å². The lowest BCUT2D eigenvalue weighted by Gasteiger charge is -2.32. The first-order chi connectivity index (χ1) is 16.6. The van der Waals surface area contributed by atoms with Crippen LogP contribution < -0.4 is 10.5 Å². The Labute approximate surface area is 204 Å². The second-order valence-corrected chi connectivity index (χ2v) is 14.1. The lowest BCUT2D eigenvalue weighted by molar-refractivity contribution is -0.146. The van der Waals surface area contributed by atoms with Crippen LogP contribution in [-0.2, 0) is 15.1 Å². The minimum atomic E-state index is -2.77. The van der Waals surface area contributed by atoms with Crippen molar-refractivity contribution in [1.29, 1.82) is 0 Å². The van der Waals surface area contributed by atoms with E-state index in [0.717, 1.165) is 5.52 Å². The predicted molar refractivity (Wildman–Crippen MR) is 137 cm³/mol. The van der Waals surface area contributed by atoms with E-state index in [1.807, 2.05) is 56.4 Å². The highest BCUT2D eigenvalue weighted by molar-refractivity contribution is 6.71. The first kappa shape index (κ1) is 23.7. The van der Waals surface area contributed by atoms with Gasteiger partial charge in [-0.25, -0.2) is 4.68 Å². The second kappa shape index (κ2) is 8.30. The van der Waals surface area contributed by atoms with Gasteiger partial charge in [-0.2, -0.15) is 0 Å². The first-order valence-corrected chi connectivity index (χ1v) is 15.0. The topological polar surface area (TPSA) is 108 Å². The van der Waals surface area contributed by atoms with E-state index in [2.05, 4.69) is 11.7 Å². The summed E-state index contributed by atoms with van der Waals surface area (Å²) in [5.74, 6) is -0.536. The zero-order valence-electron chi connectivity index (χ0n) is 20.2. The number of carbonyl (C=O) groups is 1. The molecule has 3 heterocycles. The zero-order chi connectivity index (χ0) is 25.1. The summed E-state index contributed by atoms with van der Waals surface area (Å²) < 4.78 is 8.07. The maximum atomic E-state index is 14.0. The van der Waals surface area contributed by atoms with Crippen LogP contribution in [0.3, 0.4) is 0 Å². The van der Waals surface area contributed by atoms with Crippen LogP contribution in [0.15, 0.2) is 59.9 Å². The molecule has 1 spiro atoms. The average Bonchev–Trinajstić information content (AvgIpc) is 3.39. The van der Waals surface area contributed by atoms with Crippen LogP contribution in [0.5, 0.6) is 0 Å². The standard InChI is InChI=1S/C26H31N3O5Si/c1-5-13-28-21-11-10-17(29-24(31)18-8-6-7-9-20(18)27-29)15-19(21)26(25(28)32)16(2)23(35(3,4)33)22(34-26)12-14-30/h5-11,15-16,22-23,27,30,33H,1,12-14H2,2-4H3/t16-,22+,23-,26+/m1/s1. The molecule has 0 radical (unpaired) electrons. The Bertz CT molecular complexity index is 1370. The Morgan fingerprint density at radius 2 is 1.97 bits per heavy atom. The van der Waals surface area contributed by atoms with Crippen molar-refractivity contribution in [2.45, 2.75) is 43.7 Å². The summed E-state index contributed by atoms with van der Waals surface area (Å²) in [6, 6.07) is 12.8. The van der Waals surface area contributed by atoms with Crippen molar-refractivity contribution < 1.29 is 19.4 Å². The molecular formula is C26H31N3O5Si. The SMILES string of the molecule is C=CCN1C(=O)[C@@]2(O[C@@H](CCO)[C@H]([Si](C)(C)O)[C@H]2C)c2cc(-n3[nH]c4ccccc4c3=O)ccc21. The van der Waals surface area contributed by atoms with E-state index in [1.165, 1.54) is 4.68 Å². The van der Waals surface area contributed by atoms with E-state index in [4.69, 9.17) is 4.74 Å². The number of nitrogens with one attached hydrogen (secondary N) is 1. The van der Waals surface area contributed by atoms with Gasteiger partial charge in [-0.05, 0) is 49.8 Å². The van der Waals surface area contributed by atoms with E-state index < -0.39 is 20.0 Å². The molecule has 3 aromatic rings. The largest absolute Gasteiger partial charge is 0.432 e. The summed E-state index contributed by atoms with van der Waals surface area (Å²) in [4.78, 5) is 39.9. The molecule has 4 atom stereocenters. The number of aliphatic hydroxyl groups is 1. The number of carbonyl (C=O) groups excluding carboxylic acids is 1. The summed E-state index contributed by atoms with van der Waals surface area (Å²) >= 11 is 0. The number of fused-ring (bicyclic) bond motifs is 3. The van der Waals surface area contributed by atoms with Crippen molar-refractivity contribution in [2.24, 2.45) is 5.92 Å². The number of aromatic amines is 1. The normalized spacial score (nSPS) is 26.1. The maximum Gasteiger partial charge on any atom is 0.279 e. The third-order valence-electron chi connectivity index (χ3n) is 7.54. The number of hydrogen-bond acceptors (Lipinski definition) is 5. The van der Waals surface area contributed by atoms with Crippen molar-refractivity contribution in [3.05, 3.63) is 71.0 Å². The molecule has 1 saturated heterocycles. The first-order valence-electron chi connectivity index (χ1n) is 11.9. The highest BCUT2D eigenvalue weighted by atomic mass is 28.4. The van der Waals surface area contributed by atoms with Crippen LogP contribution in [0.1, 0.15) is 18.9 Å². The lowest BCUT2D eigenvalue weighted by Crippen LogP contribution is -2.46. The third-order valence-corrected chi connectivity index (χ3v) is 10.0. The number of amides is 1. The quantitative estimate of drug-likeness (QED) is 0.361. The molecule has 3 N–H and O–H groups in total. The summed E-state index contributed by atoms with van der Waals surface area (Å²) in [6.45, 7) is 9.68. The van der Waals surface area contributed by atoms with Gasteiger partial charge in [0.1, 0.15) is 0 Å². The van der Waals surface area contributed by atoms with Crippen molar-refractivity contribution >= 4 is 30.8 Å². The maximum absolute atomic E-state index is 14.0. The molecule has 2 aromatic carbocycles. The van der Waals surface area contributed by atoms with Gasteiger partial charge in [0.25, 0.3) is 11.5 Å². The van der Waals surface area contributed by atoms with Gasteiger partial charge in [-0.1, -0.05) is 25.1 Å². The molecule has 5 rings (SSSR count). The van der Waals surface area contributed by atoms with E-state index in [1.54, 1.807) is 17.0 Å². The Balaban J connectivity index is 1.72. The molecule has 2 aliphatic rings. The molecule has 1 aromatic heterocycles. The molecule has 0 saturated carbocycles. The van der Waals surface area contributed by atoms with E-state index in [-0.39, 0.29) is 29.5 Å². The molecule has 0 unspecified atom stereocenters. The third kappa shape index (κ3) is 3.37. The van der Waals surface area contributed by atoms with Crippen LogP contribution in [-0.4, -0.2) is 53.2 Å². The summed E-state index contributed by atoms with van der Waals surface area (Å²) in [5, 5.41) is 13.5. The summed E-state index contributed by atoms with van der Waals surface area (Å²) in [6.07, 6.45) is 1.55. The van der Waals surface area contributed by atoms with E-state index in [9.17, 15) is 19.5 Å². The molecule has 8 nitrogen and oxygen atoms in total. The number of hydrogen-bond donors (Lipinski definition) is 3. The lowest BCUT2D eigenvalue weighted by atomic mass is 9.82. The van der Waals surface area contributed by atoms with E-state index in [0.29, 0.717) is 35.3 Å². The van der Waals surface area contributed by atoms with Gasteiger partial charge < -0.3 is 19.5 Å². The summed E-state index contributed by atoms with van der Waals surface area (Å²) in [5.41, 5.74) is 0.937. The van der Waals surface area contributed by atoms with Crippen LogP contribution in [0.25, 0.3) is 16.6 Å². The number of aliphatic hydroxyl groups excluding tert-OH is 1.